The number of hydrogen-bond donors (Lipinski definition) is 0. The third kappa shape index (κ3) is 2.10. The first kappa shape index (κ1) is 11.2. The molecule has 0 amide bonds. The highest BCUT2D eigenvalue weighted by Crippen LogP contribution is 2.44. The molecule has 2 aliphatic rings. The zero-order chi connectivity index (χ0) is 12.0. The Morgan fingerprint density at radius 2 is 2.24 bits per heavy atom. The number of anilines is 1. The summed E-state index contributed by atoms with van der Waals surface area (Å²) in [6.45, 7) is 6.72. The predicted molar refractivity (Wildman–Crippen MR) is 70.1 cm³/mol. The molecule has 92 valence electrons. The highest BCUT2D eigenvalue weighted by molar-refractivity contribution is 7.17. The molecular weight excluding hydrogens is 232 g/mol. The molecular formula is C13H18N2OS. The maximum absolute atomic E-state index is 11.1. The van der Waals surface area contributed by atoms with Crippen LogP contribution in [-0.2, 0) is 0 Å². The summed E-state index contributed by atoms with van der Waals surface area (Å²) in [4.78, 5) is 19.0. The molecule has 2 fully saturated rings. The SMILES string of the molecule is CC1(C)CCN(c2nc(C3CC3)c(C=O)s2)C1. The molecule has 0 N–H and O–H groups in total. The molecule has 1 aromatic heterocycles. The summed E-state index contributed by atoms with van der Waals surface area (Å²) in [5.41, 5.74) is 1.44. The smallest absolute Gasteiger partial charge is 0.186 e. The minimum Gasteiger partial charge on any atom is -0.348 e. The fourth-order valence-electron chi connectivity index (χ4n) is 2.48. The number of carbonyl (C=O) groups is 1. The quantitative estimate of drug-likeness (QED) is 0.773. The van der Waals surface area contributed by atoms with Gasteiger partial charge in [-0.15, -0.1) is 0 Å². The zero-order valence-corrected chi connectivity index (χ0v) is 11.2. The van der Waals surface area contributed by atoms with Gasteiger partial charge in [-0.2, -0.15) is 0 Å². The molecule has 1 aliphatic heterocycles. The second kappa shape index (κ2) is 3.80. The van der Waals surface area contributed by atoms with Crippen molar-refractivity contribution in [2.45, 2.75) is 39.0 Å². The maximum atomic E-state index is 11.1. The normalized spacial score (nSPS) is 23.1. The van der Waals surface area contributed by atoms with E-state index in [1.807, 2.05) is 0 Å². The van der Waals surface area contributed by atoms with Gasteiger partial charge in [-0.3, -0.25) is 4.79 Å². The molecule has 0 radical (unpaired) electrons. The van der Waals surface area contributed by atoms with E-state index in [9.17, 15) is 4.79 Å². The van der Waals surface area contributed by atoms with Crippen molar-refractivity contribution < 1.29 is 4.79 Å². The lowest BCUT2D eigenvalue weighted by atomic mass is 9.93. The van der Waals surface area contributed by atoms with Crippen molar-refractivity contribution in [3.8, 4) is 0 Å². The molecule has 2 heterocycles. The third-order valence-electron chi connectivity index (χ3n) is 3.69. The van der Waals surface area contributed by atoms with Crippen molar-refractivity contribution in [3.63, 3.8) is 0 Å². The molecule has 0 unspecified atom stereocenters. The van der Waals surface area contributed by atoms with Gasteiger partial charge in [-0.25, -0.2) is 4.98 Å². The summed E-state index contributed by atoms with van der Waals surface area (Å²) in [6.07, 6.45) is 4.60. The van der Waals surface area contributed by atoms with E-state index in [4.69, 9.17) is 4.98 Å². The summed E-state index contributed by atoms with van der Waals surface area (Å²) >= 11 is 1.57. The van der Waals surface area contributed by atoms with Gasteiger partial charge in [0.25, 0.3) is 0 Å². The topological polar surface area (TPSA) is 33.2 Å². The average Bonchev–Trinajstić information content (AvgIpc) is 2.93. The van der Waals surface area contributed by atoms with Gasteiger partial charge in [0.15, 0.2) is 11.4 Å². The Morgan fingerprint density at radius 3 is 2.76 bits per heavy atom. The van der Waals surface area contributed by atoms with Crippen molar-refractivity contribution >= 4 is 22.8 Å². The van der Waals surface area contributed by atoms with Crippen LogP contribution >= 0.6 is 11.3 Å². The molecule has 1 aliphatic carbocycles. The highest BCUT2D eigenvalue weighted by Gasteiger charge is 2.34. The van der Waals surface area contributed by atoms with Gasteiger partial charge in [-0.1, -0.05) is 25.2 Å². The largest absolute Gasteiger partial charge is 0.348 e. The van der Waals surface area contributed by atoms with Crippen LogP contribution in [0.1, 0.15) is 54.4 Å². The number of aldehydes is 1. The maximum Gasteiger partial charge on any atom is 0.186 e. The van der Waals surface area contributed by atoms with Crippen molar-refractivity contribution in [2.75, 3.05) is 18.0 Å². The molecule has 0 bridgehead atoms. The zero-order valence-electron chi connectivity index (χ0n) is 10.4. The average molecular weight is 250 g/mol. The van der Waals surface area contributed by atoms with Crippen molar-refractivity contribution in [1.29, 1.82) is 0 Å². The van der Waals surface area contributed by atoms with Crippen molar-refractivity contribution in [2.24, 2.45) is 5.41 Å². The molecule has 17 heavy (non-hydrogen) atoms. The van der Waals surface area contributed by atoms with Gasteiger partial charge in [0.2, 0.25) is 0 Å². The number of aromatic nitrogens is 1. The number of thiazole rings is 1. The Bertz CT molecular complexity index is 448. The van der Waals surface area contributed by atoms with Gasteiger partial charge >= 0.3 is 0 Å². The van der Waals surface area contributed by atoms with E-state index in [1.54, 1.807) is 11.3 Å². The Hall–Kier alpha value is -0.900. The third-order valence-corrected chi connectivity index (χ3v) is 4.75. The second-order valence-electron chi connectivity index (χ2n) is 5.97. The van der Waals surface area contributed by atoms with Crippen LogP contribution in [0.2, 0.25) is 0 Å². The lowest BCUT2D eigenvalue weighted by Gasteiger charge is -2.18. The van der Waals surface area contributed by atoms with Crippen LogP contribution in [0.15, 0.2) is 0 Å². The van der Waals surface area contributed by atoms with E-state index in [2.05, 4.69) is 18.7 Å². The molecule has 0 aromatic carbocycles. The Balaban J connectivity index is 1.86. The number of hydrogen-bond acceptors (Lipinski definition) is 4. The van der Waals surface area contributed by atoms with Gasteiger partial charge in [0.05, 0.1) is 10.6 Å². The monoisotopic (exact) mass is 250 g/mol. The summed E-state index contributed by atoms with van der Waals surface area (Å²) in [5.74, 6) is 0.566. The van der Waals surface area contributed by atoms with E-state index >= 15 is 0 Å². The number of carbonyl (C=O) groups excluding carboxylic acids is 1. The van der Waals surface area contributed by atoms with E-state index in [0.29, 0.717) is 11.3 Å². The second-order valence-corrected chi connectivity index (χ2v) is 6.98. The summed E-state index contributed by atoms with van der Waals surface area (Å²) < 4.78 is 0. The fourth-order valence-corrected chi connectivity index (χ4v) is 3.47. The summed E-state index contributed by atoms with van der Waals surface area (Å²) in [5, 5.41) is 1.06. The minimum absolute atomic E-state index is 0.382. The first-order chi connectivity index (χ1) is 8.09. The Morgan fingerprint density at radius 1 is 1.47 bits per heavy atom. The van der Waals surface area contributed by atoms with E-state index in [-0.39, 0.29) is 0 Å². The predicted octanol–water partition coefficient (Wildman–Crippen LogP) is 3.07. The molecule has 4 heteroatoms. The van der Waals surface area contributed by atoms with E-state index in [0.717, 1.165) is 35.1 Å². The van der Waals surface area contributed by atoms with Crippen LogP contribution in [0.4, 0.5) is 5.13 Å². The lowest BCUT2D eigenvalue weighted by molar-refractivity contribution is 0.112. The minimum atomic E-state index is 0.382. The van der Waals surface area contributed by atoms with Gasteiger partial charge in [-0.05, 0) is 24.7 Å². The lowest BCUT2D eigenvalue weighted by Crippen LogP contribution is -2.22. The number of rotatable bonds is 3. The molecule has 1 saturated carbocycles. The summed E-state index contributed by atoms with van der Waals surface area (Å²) in [7, 11) is 0. The molecule has 1 saturated heterocycles. The molecule has 1 aromatic rings. The first-order valence-electron chi connectivity index (χ1n) is 6.30. The van der Waals surface area contributed by atoms with Crippen LogP contribution in [0.5, 0.6) is 0 Å². The Labute approximate surface area is 106 Å². The first-order valence-corrected chi connectivity index (χ1v) is 7.11. The van der Waals surface area contributed by atoms with Gasteiger partial charge in [0.1, 0.15) is 0 Å². The van der Waals surface area contributed by atoms with Crippen LogP contribution < -0.4 is 4.90 Å². The fraction of sp³-hybridized carbons (Fsp3) is 0.692. The molecule has 0 atom stereocenters. The van der Waals surface area contributed by atoms with Crippen LogP contribution in [0.25, 0.3) is 0 Å². The van der Waals surface area contributed by atoms with Gasteiger partial charge < -0.3 is 4.90 Å². The van der Waals surface area contributed by atoms with Crippen molar-refractivity contribution in [3.05, 3.63) is 10.6 Å². The number of nitrogens with zero attached hydrogens (tertiary/aromatic N) is 2. The van der Waals surface area contributed by atoms with E-state index in [1.165, 1.54) is 19.3 Å². The van der Waals surface area contributed by atoms with Crippen LogP contribution in [0.3, 0.4) is 0 Å². The molecule has 3 nitrogen and oxygen atoms in total. The van der Waals surface area contributed by atoms with E-state index < -0.39 is 0 Å². The standard InChI is InChI=1S/C13H18N2OS/c1-13(2)5-6-15(8-13)12-14-11(9-3-4-9)10(7-16)17-12/h7,9H,3-6,8H2,1-2H3. The highest BCUT2D eigenvalue weighted by atomic mass is 32.1. The van der Waals surface area contributed by atoms with Crippen LogP contribution in [0, 0.1) is 5.41 Å². The molecule has 0 spiro atoms. The van der Waals surface area contributed by atoms with Crippen LogP contribution in [-0.4, -0.2) is 24.4 Å². The van der Waals surface area contributed by atoms with Gasteiger partial charge in [0, 0.05) is 19.0 Å². The Kier molecular flexibility index (Phi) is 2.51. The van der Waals surface area contributed by atoms with Crippen molar-refractivity contribution in [1.82, 2.24) is 4.98 Å². The summed E-state index contributed by atoms with van der Waals surface area (Å²) in [6, 6.07) is 0. The molecule has 3 rings (SSSR count).